The minimum absolute atomic E-state index is 0.151. The van der Waals surface area contributed by atoms with E-state index in [0.717, 1.165) is 44.2 Å². The van der Waals surface area contributed by atoms with Crippen molar-refractivity contribution in [2.45, 2.75) is 19.8 Å². The molecule has 41 heavy (non-hydrogen) atoms. The molecular formula is C32H28N2O7. The van der Waals surface area contributed by atoms with Gasteiger partial charge >= 0.3 is 12.2 Å². The molecule has 0 bridgehead atoms. The Balaban J connectivity index is 1.42. The zero-order valence-corrected chi connectivity index (χ0v) is 22.5. The Morgan fingerprint density at radius 3 is 2.37 bits per heavy atom. The van der Waals surface area contributed by atoms with Crippen LogP contribution in [-0.2, 0) is 6.42 Å². The molecular weight excluding hydrogens is 524 g/mol. The van der Waals surface area contributed by atoms with Crippen molar-refractivity contribution in [3.63, 3.8) is 0 Å². The van der Waals surface area contributed by atoms with Crippen LogP contribution in [0.4, 0.5) is 9.59 Å². The third-order valence-corrected chi connectivity index (χ3v) is 7.02. The largest absolute Gasteiger partial charge is 0.512 e. The van der Waals surface area contributed by atoms with Gasteiger partial charge in [-0.15, -0.1) is 0 Å². The van der Waals surface area contributed by atoms with Gasteiger partial charge in [-0.2, -0.15) is 0 Å². The molecule has 5 aromatic rings. The molecule has 0 fully saturated rings. The molecule has 5 rings (SSSR count). The number of rotatable bonds is 8. The molecule has 0 saturated heterocycles. The van der Waals surface area contributed by atoms with Crippen LogP contribution in [0.5, 0.6) is 11.6 Å². The number of para-hydroxylation sites is 1. The average Bonchev–Trinajstić information content (AvgIpc) is 3.30. The number of fused-ring (bicyclic) bond motifs is 2. The Hall–Kier alpha value is -5.31. The Morgan fingerprint density at radius 2 is 1.61 bits per heavy atom. The lowest BCUT2D eigenvalue weighted by Crippen LogP contribution is -2.31. The Morgan fingerprint density at radius 1 is 0.878 bits per heavy atom. The number of hydrogen-bond acceptors (Lipinski definition) is 5. The van der Waals surface area contributed by atoms with E-state index in [1.807, 2.05) is 67.6 Å². The van der Waals surface area contributed by atoms with E-state index in [1.165, 1.54) is 7.05 Å². The number of imide groups is 1. The van der Waals surface area contributed by atoms with Crippen LogP contribution in [0.3, 0.4) is 0 Å². The summed E-state index contributed by atoms with van der Waals surface area (Å²) in [6, 6.07) is 24.5. The van der Waals surface area contributed by atoms with Gasteiger partial charge in [0.1, 0.15) is 5.75 Å². The van der Waals surface area contributed by atoms with E-state index < -0.39 is 18.2 Å². The predicted molar refractivity (Wildman–Crippen MR) is 155 cm³/mol. The molecule has 2 amide bonds. The van der Waals surface area contributed by atoms with Gasteiger partial charge in [-0.1, -0.05) is 60.7 Å². The Labute approximate surface area is 235 Å². The van der Waals surface area contributed by atoms with Crippen molar-refractivity contribution in [1.29, 1.82) is 0 Å². The molecule has 4 aromatic carbocycles. The summed E-state index contributed by atoms with van der Waals surface area (Å²) in [6.45, 7) is 2.25. The van der Waals surface area contributed by atoms with E-state index in [0.29, 0.717) is 29.9 Å². The fraction of sp³-hybridized carbons (Fsp3) is 0.156. The van der Waals surface area contributed by atoms with Crippen LogP contribution in [0.2, 0.25) is 0 Å². The van der Waals surface area contributed by atoms with Gasteiger partial charge in [0, 0.05) is 34.5 Å². The molecule has 9 heteroatoms. The Kier molecular flexibility index (Phi) is 7.60. The van der Waals surface area contributed by atoms with Crippen molar-refractivity contribution < 1.29 is 34.1 Å². The van der Waals surface area contributed by atoms with Gasteiger partial charge in [-0.3, -0.25) is 4.79 Å². The summed E-state index contributed by atoms with van der Waals surface area (Å²) in [5, 5.41) is 21.5. The van der Waals surface area contributed by atoms with Crippen LogP contribution in [0.1, 0.15) is 27.9 Å². The van der Waals surface area contributed by atoms with Crippen molar-refractivity contribution >= 4 is 39.8 Å². The molecule has 0 aliphatic rings. The maximum absolute atomic E-state index is 12.5. The third kappa shape index (κ3) is 5.56. The first-order valence-corrected chi connectivity index (χ1v) is 13.0. The van der Waals surface area contributed by atoms with Crippen molar-refractivity contribution in [2.24, 2.45) is 0 Å². The number of amides is 2. The van der Waals surface area contributed by atoms with Crippen LogP contribution >= 0.6 is 0 Å². The number of carboxylic acid groups (broad SMARTS) is 2. The molecule has 0 atom stereocenters. The molecule has 3 N–H and O–H groups in total. The van der Waals surface area contributed by atoms with E-state index in [-0.39, 0.29) is 11.4 Å². The number of aromatic nitrogens is 1. The summed E-state index contributed by atoms with van der Waals surface area (Å²) >= 11 is 0. The van der Waals surface area contributed by atoms with Crippen LogP contribution in [0, 0.1) is 6.92 Å². The number of aryl methyl sites for hydroxylation is 2. The summed E-state index contributed by atoms with van der Waals surface area (Å²) in [6.07, 6.45) is -1.64. The molecule has 1 aromatic heterocycles. The average molecular weight is 553 g/mol. The SMILES string of the molecule is Cc1cc(C(=O)N(C)C(=O)O)ccc1-c1cccc2c(CCCOc3cccc4ccccc34)c(OC(=O)O)[nH]c12. The second-order valence-electron chi connectivity index (χ2n) is 9.63. The number of nitrogens with one attached hydrogen (secondary N) is 1. The molecule has 0 aliphatic carbocycles. The third-order valence-electron chi connectivity index (χ3n) is 7.02. The number of aromatic amines is 1. The zero-order chi connectivity index (χ0) is 29.1. The summed E-state index contributed by atoms with van der Waals surface area (Å²) < 4.78 is 11.2. The molecule has 0 unspecified atom stereocenters. The molecule has 0 aliphatic heterocycles. The van der Waals surface area contributed by atoms with E-state index >= 15 is 0 Å². The van der Waals surface area contributed by atoms with Crippen molar-refractivity contribution in [3.8, 4) is 22.8 Å². The number of carbonyl (C=O) groups excluding carboxylic acids is 1. The first kappa shape index (κ1) is 27.3. The van der Waals surface area contributed by atoms with E-state index in [4.69, 9.17) is 14.6 Å². The summed E-state index contributed by atoms with van der Waals surface area (Å²) in [7, 11) is 1.20. The van der Waals surface area contributed by atoms with Crippen LogP contribution < -0.4 is 9.47 Å². The quantitative estimate of drug-likeness (QED) is 0.138. The first-order valence-electron chi connectivity index (χ1n) is 13.0. The smallest absolute Gasteiger partial charge is 0.493 e. The normalized spacial score (nSPS) is 11.0. The molecule has 0 radical (unpaired) electrons. The lowest BCUT2D eigenvalue weighted by Gasteiger charge is -2.13. The number of benzene rings is 4. The maximum atomic E-state index is 12.5. The lowest BCUT2D eigenvalue weighted by molar-refractivity contribution is 0.0781. The molecule has 208 valence electrons. The summed E-state index contributed by atoms with van der Waals surface area (Å²) in [5.74, 6) is 0.311. The van der Waals surface area contributed by atoms with Gasteiger partial charge in [0.2, 0.25) is 5.88 Å². The van der Waals surface area contributed by atoms with Gasteiger partial charge in [-0.05, 0) is 54.5 Å². The molecule has 1 heterocycles. The van der Waals surface area contributed by atoms with Crippen molar-refractivity contribution in [1.82, 2.24) is 9.88 Å². The van der Waals surface area contributed by atoms with Gasteiger partial charge in [0.25, 0.3) is 5.91 Å². The van der Waals surface area contributed by atoms with Gasteiger partial charge < -0.3 is 24.7 Å². The second kappa shape index (κ2) is 11.4. The van der Waals surface area contributed by atoms with Crippen molar-refractivity contribution in [2.75, 3.05) is 13.7 Å². The van der Waals surface area contributed by atoms with E-state index in [9.17, 15) is 19.5 Å². The number of ether oxygens (including phenoxy) is 2. The summed E-state index contributed by atoms with van der Waals surface area (Å²) in [5.41, 5.74) is 4.01. The summed E-state index contributed by atoms with van der Waals surface area (Å²) in [4.78, 5) is 39.0. The highest BCUT2D eigenvalue weighted by atomic mass is 16.7. The van der Waals surface area contributed by atoms with Gasteiger partial charge in [-0.25, -0.2) is 14.5 Å². The Bertz CT molecular complexity index is 1790. The maximum Gasteiger partial charge on any atom is 0.512 e. The minimum atomic E-state index is -1.42. The second-order valence-corrected chi connectivity index (χ2v) is 9.63. The van der Waals surface area contributed by atoms with E-state index in [2.05, 4.69) is 4.98 Å². The predicted octanol–water partition coefficient (Wildman–Crippen LogP) is 7.11. The standard InChI is InChI=1S/C32H28N2O7/c1-19-18-21(30(35)34(2)31(36)37)15-16-22(19)24-11-6-12-25-26(29(33-28(24)25)41-32(38)39)13-7-17-40-27-14-5-9-20-8-3-4-10-23(20)27/h3-6,8-12,14-16,18,33H,7,13,17H2,1-2H3,(H,36,37)(H,38,39). The van der Waals surface area contributed by atoms with E-state index in [1.54, 1.807) is 18.2 Å². The van der Waals surface area contributed by atoms with Gasteiger partial charge in [0.05, 0.1) is 12.1 Å². The fourth-order valence-corrected chi connectivity index (χ4v) is 5.03. The monoisotopic (exact) mass is 552 g/mol. The molecule has 9 nitrogen and oxygen atoms in total. The first-order chi connectivity index (χ1) is 19.7. The number of H-pyrrole nitrogens is 1. The van der Waals surface area contributed by atoms with Crippen molar-refractivity contribution in [3.05, 3.63) is 95.6 Å². The topological polar surface area (TPSA) is 129 Å². The lowest BCUT2D eigenvalue weighted by atomic mass is 9.95. The number of hydrogen-bond donors (Lipinski definition) is 3. The van der Waals surface area contributed by atoms with Gasteiger partial charge in [0.15, 0.2) is 0 Å². The zero-order valence-electron chi connectivity index (χ0n) is 22.5. The molecule has 0 saturated carbocycles. The number of nitrogens with zero attached hydrogens (tertiary/aromatic N) is 1. The highest BCUT2D eigenvalue weighted by molar-refractivity contribution is 6.03. The highest BCUT2D eigenvalue weighted by Gasteiger charge is 2.21. The van der Waals surface area contributed by atoms with Crippen LogP contribution in [0.25, 0.3) is 32.8 Å². The highest BCUT2D eigenvalue weighted by Crippen LogP contribution is 2.37. The van der Waals surface area contributed by atoms with Crippen LogP contribution in [-0.4, -0.2) is 51.9 Å². The fourth-order valence-electron chi connectivity index (χ4n) is 5.03. The molecule has 0 spiro atoms. The van der Waals surface area contributed by atoms with Crippen LogP contribution in [0.15, 0.2) is 78.9 Å². The number of carbonyl (C=O) groups is 3. The minimum Gasteiger partial charge on any atom is -0.493 e.